The van der Waals surface area contributed by atoms with Crippen molar-refractivity contribution in [3.05, 3.63) is 36.1 Å². The molecule has 0 aromatic carbocycles. The highest BCUT2D eigenvalue weighted by atomic mass is 32.1. The Morgan fingerprint density at radius 3 is 2.87 bits per heavy atom. The van der Waals surface area contributed by atoms with Crippen LogP contribution < -0.4 is 5.32 Å². The maximum absolute atomic E-state index is 11.7. The second-order valence-corrected chi connectivity index (χ2v) is 4.03. The van der Waals surface area contributed by atoms with Crippen molar-refractivity contribution < 1.29 is 4.79 Å². The molecule has 2 heterocycles. The molecule has 4 nitrogen and oxygen atoms in total. The Balaban J connectivity index is 2.03. The summed E-state index contributed by atoms with van der Waals surface area (Å²) in [5.41, 5.74) is 0. The second-order valence-electron chi connectivity index (χ2n) is 3.13. The zero-order valence-electron chi connectivity index (χ0n) is 8.25. The topological polar surface area (TPSA) is 46.9 Å². The van der Waals surface area contributed by atoms with Crippen molar-refractivity contribution in [3.63, 3.8) is 0 Å². The molecular formula is C10H11N3OS. The summed E-state index contributed by atoms with van der Waals surface area (Å²) in [6.45, 7) is 1.85. The van der Waals surface area contributed by atoms with E-state index in [0.29, 0.717) is 5.13 Å². The molecule has 1 atom stereocenters. The van der Waals surface area contributed by atoms with E-state index in [9.17, 15) is 4.79 Å². The predicted molar refractivity (Wildman–Crippen MR) is 59.9 cm³/mol. The summed E-state index contributed by atoms with van der Waals surface area (Å²) < 4.78 is 1.85. The molecule has 0 unspecified atom stereocenters. The maximum Gasteiger partial charge on any atom is 0.248 e. The number of carbonyl (C=O) groups excluding carboxylic acids is 1. The van der Waals surface area contributed by atoms with Crippen LogP contribution in [-0.2, 0) is 4.79 Å². The number of thiazole rings is 1. The molecule has 2 aromatic heterocycles. The van der Waals surface area contributed by atoms with Gasteiger partial charge in [-0.3, -0.25) is 4.79 Å². The zero-order chi connectivity index (χ0) is 10.7. The first-order valence-corrected chi connectivity index (χ1v) is 5.48. The zero-order valence-corrected chi connectivity index (χ0v) is 9.07. The van der Waals surface area contributed by atoms with Crippen LogP contribution in [0.1, 0.15) is 13.0 Å². The van der Waals surface area contributed by atoms with E-state index in [0.717, 1.165) is 0 Å². The quantitative estimate of drug-likeness (QED) is 0.863. The molecular weight excluding hydrogens is 210 g/mol. The number of carbonyl (C=O) groups is 1. The average molecular weight is 221 g/mol. The monoisotopic (exact) mass is 221 g/mol. The highest BCUT2D eigenvalue weighted by molar-refractivity contribution is 7.13. The van der Waals surface area contributed by atoms with E-state index in [2.05, 4.69) is 10.3 Å². The molecule has 1 N–H and O–H groups in total. The van der Waals surface area contributed by atoms with Crippen molar-refractivity contribution in [1.82, 2.24) is 9.55 Å². The normalized spacial score (nSPS) is 12.3. The summed E-state index contributed by atoms with van der Waals surface area (Å²) in [7, 11) is 0. The van der Waals surface area contributed by atoms with Crippen molar-refractivity contribution in [1.29, 1.82) is 0 Å². The first-order chi connectivity index (χ1) is 7.27. The van der Waals surface area contributed by atoms with Crippen LogP contribution in [0.15, 0.2) is 36.1 Å². The molecule has 0 bridgehead atoms. The van der Waals surface area contributed by atoms with Gasteiger partial charge in [-0.2, -0.15) is 0 Å². The van der Waals surface area contributed by atoms with Gasteiger partial charge in [-0.05, 0) is 19.1 Å². The van der Waals surface area contributed by atoms with Gasteiger partial charge in [0.1, 0.15) is 6.04 Å². The maximum atomic E-state index is 11.7. The summed E-state index contributed by atoms with van der Waals surface area (Å²) in [5.74, 6) is -0.0545. The summed E-state index contributed by atoms with van der Waals surface area (Å²) >= 11 is 1.41. The molecule has 78 valence electrons. The van der Waals surface area contributed by atoms with Crippen LogP contribution in [0, 0.1) is 0 Å². The van der Waals surface area contributed by atoms with Gasteiger partial charge in [0, 0.05) is 24.0 Å². The third-order valence-corrected chi connectivity index (χ3v) is 2.81. The Kier molecular flexibility index (Phi) is 2.82. The third kappa shape index (κ3) is 2.24. The molecule has 1 amide bonds. The standard InChI is InChI=1S/C10H11N3OS/c1-8(13-5-2-3-6-13)9(14)12-10-11-4-7-15-10/h2-8H,1H3,(H,11,12,14)/t8-/m0/s1. The molecule has 0 fully saturated rings. The van der Waals surface area contributed by atoms with Crippen LogP contribution in [0.3, 0.4) is 0 Å². The Bertz CT molecular complexity index is 421. The summed E-state index contributed by atoms with van der Waals surface area (Å²) in [4.78, 5) is 15.7. The fourth-order valence-electron chi connectivity index (χ4n) is 1.24. The second kappa shape index (κ2) is 4.27. The van der Waals surface area contributed by atoms with E-state index in [1.165, 1.54) is 11.3 Å². The largest absolute Gasteiger partial charge is 0.342 e. The molecule has 0 saturated heterocycles. The van der Waals surface area contributed by atoms with Gasteiger partial charge in [-0.1, -0.05) is 0 Å². The van der Waals surface area contributed by atoms with Gasteiger partial charge in [0.05, 0.1) is 0 Å². The molecule has 5 heteroatoms. The van der Waals surface area contributed by atoms with Gasteiger partial charge in [0.15, 0.2) is 5.13 Å². The van der Waals surface area contributed by atoms with Crippen LogP contribution in [0.25, 0.3) is 0 Å². The molecule has 2 rings (SSSR count). The van der Waals surface area contributed by atoms with Crippen LogP contribution in [-0.4, -0.2) is 15.5 Å². The van der Waals surface area contributed by atoms with Crippen molar-refractivity contribution in [3.8, 4) is 0 Å². The van der Waals surface area contributed by atoms with Gasteiger partial charge in [0.25, 0.3) is 0 Å². The highest BCUT2D eigenvalue weighted by Gasteiger charge is 2.14. The Hall–Kier alpha value is -1.62. The molecule has 0 aliphatic heterocycles. The van der Waals surface area contributed by atoms with Gasteiger partial charge in [-0.25, -0.2) is 4.98 Å². The van der Waals surface area contributed by atoms with Crippen molar-refractivity contribution in [2.75, 3.05) is 5.32 Å². The smallest absolute Gasteiger partial charge is 0.248 e. The molecule has 15 heavy (non-hydrogen) atoms. The van der Waals surface area contributed by atoms with E-state index >= 15 is 0 Å². The van der Waals surface area contributed by atoms with Crippen molar-refractivity contribution >= 4 is 22.4 Å². The molecule has 0 aliphatic rings. The average Bonchev–Trinajstić information content (AvgIpc) is 2.88. The third-order valence-electron chi connectivity index (χ3n) is 2.12. The van der Waals surface area contributed by atoms with E-state index in [4.69, 9.17) is 0 Å². The van der Waals surface area contributed by atoms with E-state index in [1.807, 2.05) is 41.4 Å². The SMILES string of the molecule is C[C@@H](C(=O)Nc1nccs1)n1cccc1. The first kappa shape index (κ1) is 9.92. The summed E-state index contributed by atoms with van der Waals surface area (Å²) in [6, 6.07) is 3.57. The van der Waals surface area contributed by atoms with Crippen molar-refractivity contribution in [2.24, 2.45) is 0 Å². The van der Waals surface area contributed by atoms with Gasteiger partial charge in [0.2, 0.25) is 5.91 Å². The van der Waals surface area contributed by atoms with Crippen molar-refractivity contribution in [2.45, 2.75) is 13.0 Å². The fourth-order valence-corrected chi connectivity index (χ4v) is 1.77. The Morgan fingerprint density at radius 2 is 2.27 bits per heavy atom. The lowest BCUT2D eigenvalue weighted by atomic mass is 10.3. The minimum absolute atomic E-state index is 0.0545. The molecule has 2 aromatic rings. The van der Waals surface area contributed by atoms with Crippen LogP contribution in [0.2, 0.25) is 0 Å². The predicted octanol–water partition coefficient (Wildman–Crippen LogP) is 2.14. The van der Waals surface area contributed by atoms with E-state index < -0.39 is 0 Å². The van der Waals surface area contributed by atoms with Gasteiger partial charge >= 0.3 is 0 Å². The van der Waals surface area contributed by atoms with E-state index in [-0.39, 0.29) is 11.9 Å². The number of rotatable bonds is 3. The van der Waals surface area contributed by atoms with Crippen LogP contribution in [0.5, 0.6) is 0 Å². The number of nitrogens with zero attached hydrogens (tertiary/aromatic N) is 2. The number of aromatic nitrogens is 2. The number of hydrogen-bond acceptors (Lipinski definition) is 3. The Morgan fingerprint density at radius 1 is 1.53 bits per heavy atom. The number of amides is 1. The number of nitrogens with one attached hydrogen (secondary N) is 1. The van der Waals surface area contributed by atoms with Crippen LogP contribution >= 0.6 is 11.3 Å². The lowest BCUT2D eigenvalue weighted by Crippen LogP contribution is -2.22. The highest BCUT2D eigenvalue weighted by Crippen LogP contribution is 2.14. The first-order valence-electron chi connectivity index (χ1n) is 4.60. The van der Waals surface area contributed by atoms with Crippen LogP contribution in [0.4, 0.5) is 5.13 Å². The lowest BCUT2D eigenvalue weighted by Gasteiger charge is -2.12. The molecule has 0 radical (unpaired) electrons. The summed E-state index contributed by atoms with van der Waals surface area (Å²) in [6.07, 6.45) is 5.40. The number of anilines is 1. The molecule has 0 aliphatic carbocycles. The van der Waals surface area contributed by atoms with Gasteiger partial charge < -0.3 is 9.88 Å². The lowest BCUT2D eigenvalue weighted by molar-refractivity contribution is -0.118. The van der Waals surface area contributed by atoms with Gasteiger partial charge in [-0.15, -0.1) is 11.3 Å². The summed E-state index contributed by atoms with van der Waals surface area (Å²) in [5, 5.41) is 5.22. The molecule has 0 saturated carbocycles. The number of hydrogen-bond donors (Lipinski definition) is 1. The minimum atomic E-state index is -0.219. The fraction of sp³-hybridized carbons (Fsp3) is 0.200. The molecule has 0 spiro atoms. The van der Waals surface area contributed by atoms with E-state index in [1.54, 1.807) is 6.20 Å². The Labute approximate surface area is 91.6 Å². The minimum Gasteiger partial charge on any atom is -0.342 e.